The summed E-state index contributed by atoms with van der Waals surface area (Å²) in [5.41, 5.74) is 11.8. The molecule has 0 atom stereocenters. The van der Waals surface area contributed by atoms with Gasteiger partial charge < -0.3 is 11.5 Å². The zero-order chi connectivity index (χ0) is 12.4. The molecule has 86 valence electrons. The van der Waals surface area contributed by atoms with E-state index in [4.69, 9.17) is 11.5 Å². The second-order valence-corrected chi connectivity index (χ2v) is 3.19. The number of rotatable bonds is 2. The van der Waals surface area contributed by atoms with E-state index in [2.05, 4.69) is 15.0 Å². The highest BCUT2D eigenvalue weighted by atomic mass is 16.6. The first kappa shape index (κ1) is 10.7. The first-order valence-corrected chi connectivity index (χ1v) is 4.56. The van der Waals surface area contributed by atoms with Crippen molar-refractivity contribution in [2.45, 2.75) is 0 Å². The van der Waals surface area contributed by atoms with Crippen molar-refractivity contribution in [2.75, 3.05) is 11.5 Å². The molecule has 0 amide bonds. The Hall–Kier alpha value is -2.77. The normalized spacial score (nSPS) is 10.1. The average Bonchev–Trinajstić information content (AvgIpc) is 2.29. The fraction of sp³-hybridized carbons (Fsp3) is 0. The maximum atomic E-state index is 10.5. The van der Waals surface area contributed by atoms with E-state index in [1.165, 1.54) is 18.3 Å². The molecule has 0 aliphatic carbocycles. The van der Waals surface area contributed by atoms with Gasteiger partial charge in [-0.3, -0.25) is 10.1 Å². The van der Waals surface area contributed by atoms with Crippen LogP contribution in [0.15, 0.2) is 24.5 Å². The molecule has 0 saturated heterocycles. The predicted octanol–water partition coefficient (Wildman–Crippen LogP) is 0.611. The van der Waals surface area contributed by atoms with E-state index < -0.39 is 4.92 Å². The second-order valence-electron chi connectivity index (χ2n) is 3.19. The van der Waals surface area contributed by atoms with Gasteiger partial charge in [-0.2, -0.15) is 4.98 Å². The molecule has 0 aliphatic rings. The summed E-state index contributed by atoms with van der Waals surface area (Å²) in [6.07, 6.45) is 2.57. The Morgan fingerprint density at radius 3 is 2.47 bits per heavy atom. The van der Waals surface area contributed by atoms with Gasteiger partial charge in [-0.1, -0.05) is 0 Å². The Bertz CT molecular complexity index is 568. The van der Waals surface area contributed by atoms with Crippen molar-refractivity contribution >= 4 is 17.5 Å². The molecule has 0 radical (unpaired) electrons. The van der Waals surface area contributed by atoms with Crippen molar-refractivity contribution in [3.63, 3.8) is 0 Å². The van der Waals surface area contributed by atoms with Crippen LogP contribution in [0.4, 0.5) is 17.5 Å². The fourth-order valence-electron chi connectivity index (χ4n) is 1.26. The standard InChI is InChI=1S/C9H8N6O2/c10-8-6(4-13-9(11)14-8)7-2-1-5(3-12-7)15(16)17/h1-4H,(H4,10,11,13,14). The number of anilines is 2. The Labute approximate surface area is 95.5 Å². The minimum absolute atomic E-state index is 0.0631. The molecule has 0 unspecified atom stereocenters. The third-order valence-electron chi connectivity index (χ3n) is 2.07. The summed E-state index contributed by atoms with van der Waals surface area (Å²) in [5, 5.41) is 10.5. The number of hydrogen-bond donors (Lipinski definition) is 2. The van der Waals surface area contributed by atoms with Gasteiger partial charge in [0.1, 0.15) is 12.0 Å². The highest BCUT2D eigenvalue weighted by molar-refractivity contribution is 5.70. The Kier molecular flexibility index (Phi) is 2.53. The average molecular weight is 232 g/mol. The maximum absolute atomic E-state index is 10.5. The van der Waals surface area contributed by atoms with Gasteiger partial charge in [-0.05, 0) is 6.07 Å². The van der Waals surface area contributed by atoms with Crippen LogP contribution >= 0.6 is 0 Å². The van der Waals surface area contributed by atoms with Crippen molar-refractivity contribution in [1.29, 1.82) is 0 Å². The van der Waals surface area contributed by atoms with Gasteiger partial charge in [-0.15, -0.1) is 0 Å². The quantitative estimate of drug-likeness (QED) is 0.572. The molecule has 8 heteroatoms. The van der Waals surface area contributed by atoms with Crippen LogP contribution in [0, 0.1) is 10.1 Å². The third-order valence-corrected chi connectivity index (χ3v) is 2.07. The zero-order valence-electron chi connectivity index (χ0n) is 8.57. The Morgan fingerprint density at radius 2 is 1.94 bits per heavy atom. The van der Waals surface area contributed by atoms with Gasteiger partial charge in [0.05, 0.1) is 16.2 Å². The van der Waals surface area contributed by atoms with Crippen LogP contribution in [-0.2, 0) is 0 Å². The van der Waals surface area contributed by atoms with E-state index in [1.807, 2.05) is 0 Å². The second kappa shape index (κ2) is 4.00. The van der Waals surface area contributed by atoms with Gasteiger partial charge >= 0.3 is 0 Å². The van der Waals surface area contributed by atoms with E-state index in [0.29, 0.717) is 11.3 Å². The highest BCUT2D eigenvalue weighted by Gasteiger charge is 2.10. The first-order chi connectivity index (χ1) is 8.08. The van der Waals surface area contributed by atoms with Crippen LogP contribution in [-0.4, -0.2) is 19.9 Å². The monoisotopic (exact) mass is 232 g/mol. The molecule has 17 heavy (non-hydrogen) atoms. The van der Waals surface area contributed by atoms with E-state index in [1.54, 1.807) is 0 Å². The number of nitrogens with zero attached hydrogens (tertiary/aromatic N) is 4. The van der Waals surface area contributed by atoms with E-state index >= 15 is 0 Å². The number of aromatic nitrogens is 3. The summed E-state index contributed by atoms with van der Waals surface area (Å²) in [7, 11) is 0. The van der Waals surface area contributed by atoms with Gasteiger partial charge in [-0.25, -0.2) is 9.97 Å². The summed E-state index contributed by atoms with van der Waals surface area (Å²) in [4.78, 5) is 21.4. The van der Waals surface area contributed by atoms with Crippen LogP contribution in [0.1, 0.15) is 0 Å². The summed E-state index contributed by atoms with van der Waals surface area (Å²) in [5.74, 6) is 0.243. The summed E-state index contributed by atoms with van der Waals surface area (Å²) < 4.78 is 0. The molecule has 0 aliphatic heterocycles. The minimum atomic E-state index is -0.528. The van der Waals surface area contributed by atoms with Crippen LogP contribution in [0.3, 0.4) is 0 Å². The lowest BCUT2D eigenvalue weighted by Crippen LogP contribution is -2.01. The molecular weight excluding hydrogens is 224 g/mol. The zero-order valence-corrected chi connectivity index (χ0v) is 8.57. The number of pyridine rings is 1. The van der Waals surface area contributed by atoms with Gasteiger partial charge in [0, 0.05) is 12.3 Å². The molecule has 0 bridgehead atoms. The van der Waals surface area contributed by atoms with Gasteiger partial charge in [0.25, 0.3) is 5.69 Å². The summed E-state index contributed by atoms with van der Waals surface area (Å²) in [6.45, 7) is 0. The van der Waals surface area contributed by atoms with Crippen LogP contribution in [0.5, 0.6) is 0 Å². The van der Waals surface area contributed by atoms with E-state index in [-0.39, 0.29) is 17.5 Å². The molecule has 2 aromatic rings. The van der Waals surface area contributed by atoms with Crippen molar-refractivity contribution in [1.82, 2.24) is 15.0 Å². The number of nitrogen functional groups attached to an aromatic ring is 2. The minimum Gasteiger partial charge on any atom is -0.383 e. The van der Waals surface area contributed by atoms with Crippen molar-refractivity contribution in [3.8, 4) is 11.3 Å². The summed E-state index contributed by atoms with van der Waals surface area (Å²) >= 11 is 0. The third kappa shape index (κ3) is 2.09. The lowest BCUT2D eigenvalue weighted by atomic mass is 10.2. The lowest BCUT2D eigenvalue weighted by Gasteiger charge is -2.03. The molecule has 0 fully saturated rings. The van der Waals surface area contributed by atoms with Crippen molar-refractivity contribution < 1.29 is 4.92 Å². The number of nitro groups is 1. The molecule has 2 heterocycles. The molecule has 0 spiro atoms. The molecule has 4 N–H and O–H groups in total. The number of hydrogen-bond acceptors (Lipinski definition) is 7. The highest BCUT2D eigenvalue weighted by Crippen LogP contribution is 2.23. The maximum Gasteiger partial charge on any atom is 0.287 e. The van der Waals surface area contributed by atoms with Crippen molar-refractivity contribution in [3.05, 3.63) is 34.6 Å². The molecule has 2 rings (SSSR count). The van der Waals surface area contributed by atoms with Crippen LogP contribution in [0.25, 0.3) is 11.3 Å². The predicted molar refractivity (Wildman–Crippen MR) is 60.7 cm³/mol. The fourth-order valence-corrected chi connectivity index (χ4v) is 1.26. The first-order valence-electron chi connectivity index (χ1n) is 4.56. The molecule has 2 aromatic heterocycles. The molecule has 0 aromatic carbocycles. The lowest BCUT2D eigenvalue weighted by molar-refractivity contribution is -0.385. The van der Waals surface area contributed by atoms with Crippen LogP contribution < -0.4 is 11.5 Å². The Balaban J connectivity index is 2.43. The SMILES string of the molecule is Nc1ncc(-c2ccc([N+](=O)[O-])cn2)c(N)n1. The topological polar surface area (TPSA) is 134 Å². The smallest absolute Gasteiger partial charge is 0.287 e. The molecule has 8 nitrogen and oxygen atoms in total. The number of nitrogens with two attached hydrogens (primary N) is 2. The van der Waals surface area contributed by atoms with Crippen molar-refractivity contribution in [2.24, 2.45) is 0 Å². The van der Waals surface area contributed by atoms with Crippen LogP contribution in [0.2, 0.25) is 0 Å². The van der Waals surface area contributed by atoms with E-state index in [0.717, 1.165) is 6.20 Å². The van der Waals surface area contributed by atoms with Gasteiger partial charge in [0.15, 0.2) is 0 Å². The largest absolute Gasteiger partial charge is 0.383 e. The molecular formula is C9H8N6O2. The summed E-state index contributed by atoms with van der Waals surface area (Å²) in [6, 6.07) is 2.81. The Morgan fingerprint density at radius 1 is 1.18 bits per heavy atom. The molecule has 0 saturated carbocycles. The van der Waals surface area contributed by atoms with Gasteiger partial charge in [0.2, 0.25) is 5.95 Å². The van der Waals surface area contributed by atoms with E-state index in [9.17, 15) is 10.1 Å².